The van der Waals surface area contributed by atoms with E-state index in [1.807, 2.05) is 24.3 Å². The Morgan fingerprint density at radius 1 is 1.26 bits per heavy atom. The van der Waals surface area contributed by atoms with Gasteiger partial charge in [0, 0.05) is 29.1 Å². The number of likely N-dealkylation sites (tertiary alicyclic amines) is 1. The number of carbonyl (C=O) groups excluding carboxylic acids is 2. The molecule has 0 unspecified atom stereocenters. The Kier molecular flexibility index (Phi) is 6.49. The van der Waals surface area contributed by atoms with Gasteiger partial charge in [0.1, 0.15) is 11.9 Å². The van der Waals surface area contributed by atoms with Crippen molar-refractivity contribution in [1.29, 1.82) is 0 Å². The van der Waals surface area contributed by atoms with Gasteiger partial charge in [-0.2, -0.15) is 0 Å². The maximum atomic E-state index is 12.6. The molecule has 1 saturated heterocycles. The third kappa shape index (κ3) is 4.86. The number of piperidine rings is 1. The summed E-state index contributed by atoms with van der Waals surface area (Å²) in [7, 11) is 3.42. The second-order valence-corrected chi connectivity index (χ2v) is 8.74. The fraction of sp³-hybridized carbons (Fsp3) is 0.417. The van der Waals surface area contributed by atoms with Crippen LogP contribution in [0.15, 0.2) is 36.4 Å². The van der Waals surface area contributed by atoms with E-state index in [1.54, 1.807) is 12.1 Å². The first-order valence-electron chi connectivity index (χ1n) is 10.6. The van der Waals surface area contributed by atoms with Crippen molar-refractivity contribution >= 4 is 23.5 Å². The number of amides is 1. The average molecular weight is 443 g/mol. The molecule has 2 aliphatic rings. The first kappa shape index (κ1) is 21.7. The van der Waals surface area contributed by atoms with E-state index in [1.165, 1.54) is 7.11 Å². The largest absolute Gasteiger partial charge is 0.487 e. The summed E-state index contributed by atoms with van der Waals surface area (Å²) < 4.78 is 11.0. The maximum Gasteiger partial charge on any atom is 0.337 e. The van der Waals surface area contributed by atoms with E-state index in [-0.39, 0.29) is 23.9 Å². The first-order chi connectivity index (χ1) is 14.9. The number of hydrogen-bond acceptors (Lipinski definition) is 5. The lowest BCUT2D eigenvalue weighted by molar-refractivity contribution is -0.126. The number of benzene rings is 2. The van der Waals surface area contributed by atoms with Crippen LogP contribution in [0.5, 0.6) is 5.75 Å². The monoisotopic (exact) mass is 442 g/mol. The van der Waals surface area contributed by atoms with Crippen molar-refractivity contribution in [2.24, 2.45) is 5.92 Å². The van der Waals surface area contributed by atoms with Crippen LogP contribution < -0.4 is 10.1 Å². The summed E-state index contributed by atoms with van der Waals surface area (Å²) >= 11 is 6.37. The van der Waals surface area contributed by atoms with Gasteiger partial charge in [0.2, 0.25) is 5.91 Å². The van der Waals surface area contributed by atoms with E-state index in [4.69, 9.17) is 21.1 Å². The molecule has 0 aliphatic carbocycles. The molecule has 1 fully saturated rings. The van der Waals surface area contributed by atoms with Crippen molar-refractivity contribution in [2.45, 2.75) is 25.4 Å². The third-order valence-electron chi connectivity index (χ3n) is 5.98. The van der Waals surface area contributed by atoms with Crippen molar-refractivity contribution in [1.82, 2.24) is 10.2 Å². The molecule has 7 heteroatoms. The number of fused-ring (bicyclic) bond motifs is 1. The molecule has 0 aromatic heterocycles. The Hall–Kier alpha value is -2.57. The summed E-state index contributed by atoms with van der Waals surface area (Å²) in [6.45, 7) is 2.32. The van der Waals surface area contributed by atoms with Crippen LogP contribution in [-0.2, 0) is 16.0 Å². The molecule has 0 saturated carbocycles. The van der Waals surface area contributed by atoms with Crippen LogP contribution in [0.2, 0.25) is 5.02 Å². The van der Waals surface area contributed by atoms with Gasteiger partial charge in [-0.25, -0.2) is 4.79 Å². The van der Waals surface area contributed by atoms with E-state index < -0.39 is 0 Å². The Labute approximate surface area is 187 Å². The van der Waals surface area contributed by atoms with Crippen molar-refractivity contribution in [3.63, 3.8) is 0 Å². The normalized spacial score (nSPS) is 20.6. The second kappa shape index (κ2) is 9.28. The van der Waals surface area contributed by atoms with Crippen molar-refractivity contribution in [3.05, 3.63) is 52.5 Å². The van der Waals surface area contributed by atoms with Crippen LogP contribution in [-0.4, -0.2) is 56.7 Å². The number of nitrogens with zero attached hydrogens (tertiary/aromatic N) is 1. The smallest absolute Gasteiger partial charge is 0.337 e. The summed E-state index contributed by atoms with van der Waals surface area (Å²) in [5, 5.41) is 3.70. The van der Waals surface area contributed by atoms with Crippen LogP contribution in [0, 0.1) is 5.92 Å². The average Bonchev–Trinajstić information content (AvgIpc) is 3.19. The highest BCUT2D eigenvalue weighted by molar-refractivity contribution is 6.31. The Balaban J connectivity index is 1.45. The summed E-state index contributed by atoms with van der Waals surface area (Å²) in [5.74, 6) is 0.551. The number of ether oxygens (including phenoxy) is 2. The molecule has 31 heavy (non-hydrogen) atoms. The highest BCUT2D eigenvalue weighted by atomic mass is 35.5. The molecule has 6 nitrogen and oxygen atoms in total. The highest BCUT2D eigenvalue weighted by Crippen LogP contribution is 2.41. The van der Waals surface area contributed by atoms with Crippen molar-refractivity contribution in [3.8, 4) is 16.9 Å². The van der Waals surface area contributed by atoms with Gasteiger partial charge in [0.05, 0.1) is 25.1 Å². The van der Waals surface area contributed by atoms with Crippen LogP contribution in [0.3, 0.4) is 0 Å². The molecule has 2 aromatic carbocycles. The predicted octanol–water partition coefficient (Wildman–Crippen LogP) is 3.56. The summed E-state index contributed by atoms with van der Waals surface area (Å²) in [5.41, 5.74) is 3.29. The molecule has 0 bridgehead atoms. The number of esters is 1. The fourth-order valence-electron chi connectivity index (χ4n) is 4.37. The van der Waals surface area contributed by atoms with Crippen molar-refractivity contribution in [2.75, 3.05) is 33.8 Å². The van der Waals surface area contributed by atoms with E-state index >= 15 is 0 Å². The van der Waals surface area contributed by atoms with Gasteiger partial charge in [-0.1, -0.05) is 23.7 Å². The van der Waals surface area contributed by atoms with Gasteiger partial charge in [0.25, 0.3) is 0 Å². The van der Waals surface area contributed by atoms with Gasteiger partial charge in [-0.05, 0) is 56.3 Å². The minimum Gasteiger partial charge on any atom is -0.487 e. The van der Waals surface area contributed by atoms with Crippen LogP contribution in [0.25, 0.3) is 11.1 Å². The lowest BCUT2D eigenvalue weighted by Crippen LogP contribution is -2.44. The molecule has 0 spiro atoms. The Bertz CT molecular complexity index is 976. The Morgan fingerprint density at radius 2 is 2.03 bits per heavy atom. The number of hydrogen-bond donors (Lipinski definition) is 1. The van der Waals surface area contributed by atoms with Crippen LogP contribution in [0.1, 0.15) is 28.8 Å². The lowest BCUT2D eigenvalue weighted by Gasteiger charge is -2.29. The highest BCUT2D eigenvalue weighted by Gasteiger charge is 2.29. The van der Waals surface area contributed by atoms with E-state index in [0.717, 1.165) is 48.4 Å². The predicted molar refractivity (Wildman–Crippen MR) is 120 cm³/mol. The number of carbonyl (C=O) groups is 2. The Morgan fingerprint density at radius 3 is 2.74 bits per heavy atom. The third-order valence-corrected chi connectivity index (χ3v) is 6.20. The van der Waals surface area contributed by atoms with Gasteiger partial charge < -0.3 is 19.7 Å². The zero-order valence-corrected chi connectivity index (χ0v) is 18.6. The SMILES string of the molecule is COC(=O)c1ccc(-c2cc(Cl)cc3c2O[C@H](CNC(=O)[C@H]2CCCN(C)C2)C3)cc1. The van der Waals surface area contributed by atoms with Crippen LogP contribution >= 0.6 is 11.6 Å². The van der Waals surface area contributed by atoms with Crippen LogP contribution in [0.4, 0.5) is 0 Å². The molecule has 1 N–H and O–H groups in total. The molecule has 2 aliphatic heterocycles. The minimum atomic E-state index is -0.376. The van der Waals surface area contributed by atoms with E-state index in [0.29, 0.717) is 23.6 Å². The molecule has 1 amide bonds. The van der Waals surface area contributed by atoms with E-state index in [9.17, 15) is 9.59 Å². The molecule has 0 radical (unpaired) electrons. The van der Waals surface area contributed by atoms with E-state index in [2.05, 4.69) is 17.3 Å². The van der Waals surface area contributed by atoms with Gasteiger partial charge >= 0.3 is 5.97 Å². The molecule has 2 heterocycles. The number of methoxy groups -OCH3 is 1. The lowest BCUT2D eigenvalue weighted by atomic mass is 9.97. The number of rotatable bonds is 5. The minimum absolute atomic E-state index is 0.0425. The summed E-state index contributed by atoms with van der Waals surface area (Å²) in [6.07, 6.45) is 2.54. The summed E-state index contributed by atoms with van der Waals surface area (Å²) in [6, 6.07) is 10.9. The number of halogens is 1. The molecule has 2 aromatic rings. The quantitative estimate of drug-likeness (QED) is 0.717. The summed E-state index contributed by atoms with van der Waals surface area (Å²) in [4.78, 5) is 26.5. The molecule has 2 atom stereocenters. The fourth-order valence-corrected chi connectivity index (χ4v) is 4.61. The van der Waals surface area contributed by atoms with Gasteiger partial charge in [-0.15, -0.1) is 0 Å². The molecule has 164 valence electrons. The van der Waals surface area contributed by atoms with Gasteiger partial charge in [-0.3, -0.25) is 4.79 Å². The number of nitrogens with one attached hydrogen (secondary N) is 1. The standard InChI is InChI=1S/C24H27ClN2O4/c1-27-9-3-4-17(14-27)23(28)26-13-20-11-18-10-19(25)12-21(22(18)31-20)15-5-7-16(8-6-15)24(29)30-2/h5-8,10,12,17,20H,3-4,9,11,13-14H2,1-2H3,(H,26,28)/t17-,20-/m0/s1. The topological polar surface area (TPSA) is 67.9 Å². The van der Waals surface area contributed by atoms with Gasteiger partial charge in [0.15, 0.2) is 0 Å². The van der Waals surface area contributed by atoms with Crippen molar-refractivity contribution < 1.29 is 19.1 Å². The maximum absolute atomic E-state index is 12.6. The molecule has 4 rings (SSSR count). The zero-order chi connectivity index (χ0) is 22.0. The second-order valence-electron chi connectivity index (χ2n) is 8.30. The molecular weight excluding hydrogens is 416 g/mol. The zero-order valence-electron chi connectivity index (χ0n) is 17.8. The molecular formula is C24H27ClN2O4. The first-order valence-corrected chi connectivity index (χ1v) is 11.0.